The van der Waals surface area contributed by atoms with E-state index in [0.29, 0.717) is 0 Å². The van der Waals surface area contributed by atoms with Gasteiger partial charge in [0.05, 0.1) is 12.2 Å². The van der Waals surface area contributed by atoms with E-state index in [1.165, 1.54) is 18.2 Å². The second-order valence-electron chi connectivity index (χ2n) is 5.53. The number of ether oxygens (including phenoxy) is 2. The highest BCUT2D eigenvalue weighted by Crippen LogP contribution is 2.21. The van der Waals surface area contributed by atoms with Crippen LogP contribution in [0.15, 0.2) is 42.5 Å². The molecule has 1 amide bonds. The molecule has 0 fully saturated rings. The van der Waals surface area contributed by atoms with Crippen molar-refractivity contribution in [3.63, 3.8) is 0 Å². The highest BCUT2D eigenvalue weighted by atomic mass is 19.2. The van der Waals surface area contributed by atoms with E-state index in [2.05, 4.69) is 5.32 Å². The Kier molecular flexibility index (Phi) is 6.62. The van der Waals surface area contributed by atoms with Crippen LogP contribution in [0.5, 0.6) is 5.75 Å². The Hall–Kier alpha value is -3.00. The minimum Gasteiger partial charge on any atom is -0.434 e. The van der Waals surface area contributed by atoms with Crippen LogP contribution in [-0.4, -0.2) is 30.4 Å². The van der Waals surface area contributed by atoms with E-state index in [0.717, 1.165) is 12.1 Å². The largest absolute Gasteiger partial charge is 0.513 e. The van der Waals surface area contributed by atoms with E-state index in [4.69, 9.17) is 14.6 Å². The van der Waals surface area contributed by atoms with Crippen molar-refractivity contribution < 1.29 is 33.0 Å². The summed E-state index contributed by atoms with van der Waals surface area (Å²) in [5, 5.41) is 11.3. The Morgan fingerprint density at radius 2 is 1.88 bits per heavy atom. The molecule has 0 aliphatic rings. The quantitative estimate of drug-likeness (QED) is 0.606. The summed E-state index contributed by atoms with van der Waals surface area (Å²) in [4.78, 5) is 24.0. The van der Waals surface area contributed by atoms with Gasteiger partial charge in [0.25, 0.3) is 5.91 Å². The predicted octanol–water partition coefficient (Wildman–Crippen LogP) is 3.36. The molecule has 2 rings (SSSR count). The summed E-state index contributed by atoms with van der Waals surface area (Å²) in [5.74, 6) is -3.13. The highest BCUT2D eigenvalue weighted by Gasteiger charge is 2.17. The fraction of sp³-hybridized carbons (Fsp3) is 0.222. The maximum absolute atomic E-state index is 13.2. The Balaban J connectivity index is 2.08. The topological polar surface area (TPSA) is 84.9 Å². The molecule has 138 valence electrons. The number of benzene rings is 2. The third-order valence-corrected chi connectivity index (χ3v) is 3.30. The van der Waals surface area contributed by atoms with Crippen LogP contribution in [-0.2, 0) is 4.74 Å². The Morgan fingerprint density at radius 1 is 1.15 bits per heavy atom. The fourth-order valence-electron chi connectivity index (χ4n) is 1.90. The number of carbonyl (C=O) groups is 2. The molecule has 26 heavy (non-hydrogen) atoms. The van der Waals surface area contributed by atoms with E-state index in [9.17, 15) is 18.4 Å². The lowest BCUT2D eigenvalue weighted by Gasteiger charge is -2.12. The summed E-state index contributed by atoms with van der Waals surface area (Å²) in [6.07, 6.45) is -1.03. The Morgan fingerprint density at radius 3 is 2.58 bits per heavy atom. The molecule has 2 aromatic rings. The minimum atomic E-state index is -1.10. The maximum atomic E-state index is 13.2. The van der Waals surface area contributed by atoms with Gasteiger partial charge in [-0.3, -0.25) is 4.79 Å². The van der Waals surface area contributed by atoms with Gasteiger partial charge in [-0.25, -0.2) is 13.6 Å². The second kappa shape index (κ2) is 8.91. The number of aliphatic hydroxyl groups is 1. The number of nitrogens with one attached hydrogen (secondary N) is 1. The van der Waals surface area contributed by atoms with Crippen LogP contribution in [0.25, 0.3) is 0 Å². The molecule has 0 aromatic heterocycles. The number of rotatable bonds is 6. The number of anilines is 1. The van der Waals surface area contributed by atoms with Crippen LogP contribution < -0.4 is 10.1 Å². The third kappa shape index (κ3) is 5.25. The molecular weight excluding hydrogens is 348 g/mol. The Labute approximate surface area is 148 Å². The second-order valence-corrected chi connectivity index (χ2v) is 5.53. The molecule has 0 heterocycles. The first kappa shape index (κ1) is 19.3. The van der Waals surface area contributed by atoms with Crippen molar-refractivity contribution in [1.82, 2.24) is 0 Å². The number of hydrogen-bond acceptors (Lipinski definition) is 5. The Bertz CT molecular complexity index is 797. The van der Waals surface area contributed by atoms with Gasteiger partial charge in [0.2, 0.25) is 0 Å². The van der Waals surface area contributed by atoms with E-state index in [1.54, 1.807) is 19.1 Å². The zero-order chi connectivity index (χ0) is 19.1. The molecule has 0 radical (unpaired) electrons. The van der Waals surface area contributed by atoms with E-state index < -0.39 is 23.7 Å². The van der Waals surface area contributed by atoms with E-state index >= 15 is 0 Å². The highest BCUT2D eigenvalue weighted by molar-refractivity contribution is 6.06. The molecule has 8 heteroatoms. The lowest BCUT2D eigenvalue weighted by Crippen LogP contribution is -2.19. The maximum Gasteiger partial charge on any atom is 0.513 e. The lowest BCUT2D eigenvalue weighted by atomic mass is 10.2. The number of halogens is 2. The molecule has 0 spiro atoms. The summed E-state index contributed by atoms with van der Waals surface area (Å²) < 4.78 is 36.0. The molecule has 6 nitrogen and oxygen atoms in total. The zero-order valence-corrected chi connectivity index (χ0v) is 13.9. The van der Waals surface area contributed by atoms with Gasteiger partial charge in [-0.2, -0.15) is 0 Å². The molecule has 2 N–H and O–H groups in total. The van der Waals surface area contributed by atoms with Crippen molar-refractivity contribution in [1.29, 1.82) is 0 Å². The van der Waals surface area contributed by atoms with Crippen LogP contribution in [0.4, 0.5) is 19.3 Å². The number of carbonyl (C=O) groups excluding carboxylic acids is 2. The van der Waals surface area contributed by atoms with Gasteiger partial charge in [-0.05, 0) is 24.3 Å². The van der Waals surface area contributed by atoms with Gasteiger partial charge in [-0.1, -0.05) is 19.1 Å². The summed E-state index contributed by atoms with van der Waals surface area (Å²) >= 11 is 0. The predicted molar refractivity (Wildman–Crippen MR) is 89.0 cm³/mol. The van der Waals surface area contributed by atoms with Crippen LogP contribution >= 0.6 is 0 Å². The van der Waals surface area contributed by atoms with Crippen LogP contribution in [0.3, 0.4) is 0 Å². The molecule has 0 aliphatic carbocycles. The van der Waals surface area contributed by atoms with Crippen LogP contribution in [0.2, 0.25) is 0 Å². The first-order valence-electron chi connectivity index (χ1n) is 7.71. The SMILES string of the molecule is CC(CO)COC(=O)Oc1ccccc1C(=O)Nc1ccc(F)c(F)c1. The van der Waals surface area contributed by atoms with Crippen molar-refractivity contribution in [2.75, 3.05) is 18.5 Å². The van der Waals surface area contributed by atoms with E-state index in [1.807, 2.05) is 0 Å². The van der Waals surface area contributed by atoms with Gasteiger partial charge < -0.3 is 19.9 Å². The molecule has 0 saturated carbocycles. The average molecular weight is 365 g/mol. The van der Waals surface area contributed by atoms with Gasteiger partial charge in [0.15, 0.2) is 11.6 Å². The number of aliphatic hydroxyl groups excluding tert-OH is 1. The van der Waals surface area contributed by atoms with Crippen molar-refractivity contribution in [3.8, 4) is 5.75 Å². The minimum absolute atomic E-state index is 0.00406. The molecular formula is C18H17F2NO5. The van der Waals surface area contributed by atoms with Gasteiger partial charge >= 0.3 is 6.16 Å². The molecule has 1 unspecified atom stereocenters. The lowest BCUT2D eigenvalue weighted by molar-refractivity contribution is 0.0739. The van der Waals surface area contributed by atoms with Gasteiger partial charge in [0, 0.05) is 24.3 Å². The fourth-order valence-corrected chi connectivity index (χ4v) is 1.90. The monoisotopic (exact) mass is 365 g/mol. The van der Waals surface area contributed by atoms with Crippen LogP contribution in [0.1, 0.15) is 17.3 Å². The molecule has 2 aromatic carbocycles. The molecule has 0 saturated heterocycles. The molecule has 0 aliphatic heterocycles. The van der Waals surface area contributed by atoms with Gasteiger partial charge in [0.1, 0.15) is 5.75 Å². The standard InChI is InChI=1S/C18H17F2NO5/c1-11(9-22)10-25-18(24)26-16-5-3-2-4-13(16)17(23)21-12-6-7-14(19)15(20)8-12/h2-8,11,22H,9-10H2,1H3,(H,21,23). The summed E-state index contributed by atoms with van der Waals surface area (Å²) in [6.45, 7) is 1.48. The van der Waals surface area contributed by atoms with Gasteiger partial charge in [-0.15, -0.1) is 0 Å². The summed E-state index contributed by atoms with van der Waals surface area (Å²) in [6, 6.07) is 8.79. The smallest absolute Gasteiger partial charge is 0.434 e. The van der Waals surface area contributed by atoms with E-state index in [-0.39, 0.29) is 36.1 Å². The third-order valence-electron chi connectivity index (χ3n) is 3.30. The van der Waals surface area contributed by atoms with Crippen molar-refractivity contribution in [2.45, 2.75) is 6.92 Å². The average Bonchev–Trinajstić information content (AvgIpc) is 2.63. The first-order chi connectivity index (χ1) is 12.4. The summed E-state index contributed by atoms with van der Waals surface area (Å²) in [7, 11) is 0. The zero-order valence-electron chi connectivity index (χ0n) is 13.9. The van der Waals surface area contributed by atoms with Crippen molar-refractivity contribution in [3.05, 3.63) is 59.7 Å². The normalized spacial score (nSPS) is 11.5. The molecule has 0 bridgehead atoms. The number of amides is 1. The number of hydrogen-bond donors (Lipinski definition) is 2. The van der Waals surface area contributed by atoms with Crippen LogP contribution in [0, 0.1) is 17.6 Å². The first-order valence-corrected chi connectivity index (χ1v) is 7.71. The number of para-hydroxylation sites is 1. The molecule has 1 atom stereocenters. The summed E-state index contributed by atoms with van der Waals surface area (Å²) in [5.41, 5.74) is 0.0486. The van der Waals surface area contributed by atoms with Crippen molar-refractivity contribution >= 4 is 17.7 Å². The van der Waals surface area contributed by atoms with Crippen molar-refractivity contribution in [2.24, 2.45) is 5.92 Å².